The summed E-state index contributed by atoms with van der Waals surface area (Å²) in [7, 11) is 0. The van der Waals surface area contributed by atoms with Crippen LogP contribution in [0.2, 0.25) is 0 Å². The molecular formula is C15H16F3N3. The summed E-state index contributed by atoms with van der Waals surface area (Å²) in [6, 6.07) is 8.47. The van der Waals surface area contributed by atoms with Crippen LogP contribution < -0.4 is 4.90 Å². The van der Waals surface area contributed by atoms with Crippen LogP contribution in [0.25, 0.3) is 0 Å². The first-order chi connectivity index (χ1) is 10.0. The van der Waals surface area contributed by atoms with E-state index in [1.807, 2.05) is 29.4 Å². The molecule has 0 aromatic carbocycles. The van der Waals surface area contributed by atoms with E-state index < -0.39 is 11.9 Å². The van der Waals surface area contributed by atoms with Gasteiger partial charge >= 0.3 is 6.18 Å². The Morgan fingerprint density at radius 1 is 1.00 bits per heavy atom. The summed E-state index contributed by atoms with van der Waals surface area (Å²) < 4.78 is 40.3. The molecule has 2 aromatic rings. The molecule has 0 amide bonds. The van der Waals surface area contributed by atoms with Crippen molar-refractivity contribution >= 4 is 5.82 Å². The number of nitrogens with zero attached hydrogens (tertiary/aromatic N) is 3. The van der Waals surface area contributed by atoms with Crippen LogP contribution in [-0.2, 0) is 6.18 Å². The van der Waals surface area contributed by atoms with Gasteiger partial charge in [-0.1, -0.05) is 6.07 Å². The Balaban J connectivity index is 1.70. The molecule has 21 heavy (non-hydrogen) atoms. The molecule has 6 heteroatoms. The van der Waals surface area contributed by atoms with E-state index in [4.69, 9.17) is 0 Å². The van der Waals surface area contributed by atoms with Gasteiger partial charge in [-0.15, -0.1) is 0 Å². The van der Waals surface area contributed by atoms with Crippen LogP contribution in [0.1, 0.15) is 24.6 Å². The van der Waals surface area contributed by atoms with Gasteiger partial charge in [0, 0.05) is 31.5 Å². The second kappa shape index (κ2) is 5.42. The molecule has 0 aliphatic carbocycles. The van der Waals surface area contributed by atoms with Gasteiger partial charge in [0.2, 0.25) is 0 Å². The summed E-state index contributed by atoms with van der Waals surface area (Å²) in [6.07, 6.45) is 1.49. The zero-order valence-electron chi connectivity index (χ0n) is 11.4. The number of hydrogen-bond donors (Lipinski definition) is 0. The number of rotatable bonds is 2. The third-order valence-corrected chi connectivity index (χ3v) is 3.86. The van der Waals surface area contributed by atoms with E-state index in [1.165, 1.54) is 6.07 Å². The third kappa shape index (κ3) is 3.04. The van der Waals surface area contributed by atoms with Crippen molar-refractivity contribution in [1.29, 1.82) is 0 Å². The Kier molecular flexibility index (Phi) is 3.61. The number of alkyl halides is 3. The molecule has 1 saturated heterocycles. The summed E-state index contributed by atoms with van der Waals surface area (Å²) >= 11 is 0. The van der Waals surface area contributed by atoms with E-state index in [9.17, 15) is 13.2 Å². The highest BCUT2D eigenvalue weighted by Crippen LogP contribution is 2.30. The summed E-state index contributed by atoms with van der Waals surface area (Å²) in [6.45, 7) is 1.44. The van der Waals surface area contributed by atoms with E-state index >= 15 is 0 Å². The van der Waals surface area contributed by atoms with Crippen molar-refractivity contribution in [3.8, 4) is 0 Å². The highest BCUT2D eigenvalue weighted by atomic mass is 19.4. The summed E-state index contributed by atoms with van der Waals surface area (Å²) in [5.41, 5.74) is -0.826. The number of aromatic nitrogens is 2. The van der Waals surface area contributed by atoms with Gasteiger partial charge in [0.05, 0.1) is 0 Å². The average molecular weight is 295 g/mol. The van der Waals surface area contributed by atoms with Crippen molar-refractivity contribution < 1.29 is 13.2 Å². The monoisotopic (exact) mass is 295 g/mol. The smallest absolute Gasteiger partial charge is 0.356 e. The lowest BCUT2D eigenvalue weighted by Gasteiger charge is -2.33. The predicted octanol–water partition coefficient (Wildman–Crippen LogP) is 3.74. The maximum absolute atomic E-state index is 12.7. The molecule has 0 bridgehead atoms. The lowest BCUT2D eigenvalue weighted by Crippen LogP contribution is -2.35. The average Bonchev–Trinajstić information content (AvgIpc) is 3.01. The molecule has 0 unspecified atom stereocenters. The van der Waals surface area contributed by atoms with Gasteiger partial charge in [0.25, 0.3) is 0 Å². The molecule has 1 aliphatic heterocycles. The minimum absolute atomic E-state index is 0.413. The lowest BCUT2D eigenvalue weighted by atomic mass is 10.0. The van der Waals surface area contributed by atoms with Crippen LogP contribution >= 0.6 is 0 Å². The zero-order chi connectivity index (χ0) is 14.9. The second-order valence-corrected chi connectivity index (χ2v) is 5.23. The quantitative estimate of drug-likeness (QED) is 0.841. The van der Waals surface area contributed by atoms with Crippen molar-refractivity contribution in [3.05, 3.63) is 48.4 Å². The van der Waals surface area contributed by atoms with Gasteiger partial charge in [-0.05, 0) is 37.1 Å². The predicted molar refractivity (Wildman–Crippen MR) is 74.2 cm³/mol. The molecule has 0 N–H and O–H groups in total. The standard InChI is InChI=1S/C15H16F3N3/c16-15(17,18)13-4-3-5-14(19-13)21-10-6-12(7-11-21)20-8-1-2-9-20/h1-5,8-9,12H,6-7,10-11H2. The Morgan fingerprint density at radius 3 is 2.29 bits per heavy atom. The topological polar surface area (TPSA) is 21.1 Å². The molecule has 3 rings (SSSR count). The van der Waals surface area contributed by atoms with Gasteiger partial charge in [0.15, 0.2) is 0 Å². The van der Waals surface area contributed by atoms with E-state index in [0.29, 0.717) is 11.9 Å². The number of hydrogen-bond acceptors (Lipinski definition) is 2. The largest absolute Gasteiger partial charge is 0.433 e. The molecule has 1 aliphatic rings. The Morgan fingerprint density at radius 2 is 1.67 bits per heavy atom. The minimum atomic E-state index is -4.39. The Bertz CT molecular complexity index is 584. The maximum Gasteiger partial charge on any atom is 0.433 e. The number of halogens is 3. The SMILES string of the molecule is FC(F)(F)c1cccc(N2CCC(n3cccc3)CC2)n1. The van der Waals surface area contributed by atoms with E-state index in [0.717, 1.165) is 32.0 Å². The molecule has 3 heterocycles. The van der Waals surface area contributed by atoms with Crippen LogP contribution in [0.5, 0.6) is 0 Å². The Hall–Kier alpha value is -1.98. The Labute approximate surface area is 121 Å². The van der Waals surface area contributed by atoms with Crippen LogP contribution in [0.15, 0.2) is 42.7 Å². The highest BCUT2D eigenvalue weighted by Gasteiger charge is 2.33. The first-order valence-corrected chi connectivity index (χ1v) is 6.96. The number of pyridine rings is 1. The first-order valence-electron chi connectivity index (χ1n) is 6.96. The van der Waals surface area contributed by atoms with Crippen LogP contribution in [-0.4, -0.2) is 22.6 Å². The van der Waals surface area contributed by atoms with Crippen LogP contribution in [0.3, 0.4) is 0 Å². The minimum Gasteiger partial charge on any atom is -0.356 e. The van der Waals surface area contributed by atoms with Gasteiger partial charge < -0.3 is 9.47 Å². The molecule has 0 spiro atoms. The van der Waals surface area contributed by atoms with Crippen molar-refractivity contribution in [2.24, 2.45) is 0 Å². The van der Waals surface area contributed by atoms with Gasteiger partial charge in [-0.3, -0.25) is 0 Å². The highest BCUT2D eigenvalue weighted by molar-refractivity contribution is 5.40. The fraction of sp³-hybridized carbons (Fsp3) is 0.400. The second-order valence-electron chi connectivity index (χ2n) is 5.23. The third-order valence-electron chi connectivity index (χ3n) is 3.86. The molecule has 0 radical (unpaired) electrons. The fourth-order valence-corrected chi connectivity index (χ4v) is 2.74. The van der Waals surface area contributed by atoms with Crippen molar-refractivity contribution in [2.45, 2.75) is 25.1 Å². The van der Waals surface area contributed by atoms with Crippen molar-refractivity contribution in [2.75, 3.05) is 18.0 Å². The summed E-state index contributed by atoms with van der Waals surface area (Å²) in [4.78, 5) is 5.68. The van der Waals surface area contributed by atoms with Gasteiger partial charge in [0.1, 0.15) is 11.5 Å². The zero-order valence-corrected chi connectivity index (χ0v) is 11.4. The van der Waals surface area contributed by atoms with Gasteiger partial charge in [-0.25, -0.2) is 4.98 Å². The molecule has 2 aromatic heterocycles. The molecule has 0 atom stereocenters. The normalized spacial score (nSPS) is 17.2. The number of piperidine rings is 1. The summed E-state index contributed by atoms with van der Waals surface area (Å²) in [5, 5.41) is 0. The fourth-order valence-electron chi connectivity index (χ4n) is 2.74. The van der Waals surface area contributed by atoms with Crippen molar-refractivity contribution in [1.82, 2.24) is 9.55 Å². The molecule has 112 valence electrons. The molecule has 0 saturated carbocycles. The van der Waals surface area contributed by atoms with Crippen LogP contribution in [0.4, 0.5) is 19.0 Å². The summed E-state index contributed by atoms with van der Waals surface area (Å²) in [5.74, 6) is 0.413. The van der Waals surface area contributed by atoms with Gasteiger partial charge in [-0.2, -0.15) is 13.2 Å². The van der Waals surface area contributed by atoms with E-state index in [-0.39, 0.29) is 0 Å². The lowest BCUT2D eigenvalue weighted by molar-refractivity contribution is -0.141. The molecule has 3 nitrogen and oxygen atoms in total. The maximum atomic E-state index is 12.7. The van der Waals surface area contributed by atoms with Crippen molar-refractivity contribution in [3.63, 3.8) is 0 Å². The first kappa shape index (κ1) is 14.0. The van der Waals surface area contributed by atoms with E-state index in [2.05, 4.69) is 9.55 Å². The van der Waals surface area contributed by atoms with E-state index in [1.54, 1.807) is 6.07 Å². The molecular weight excluding hydrogens is 279 g/mol. The molecule has 1 fully saturated rings. The number of anilines is 1. The van der Waals surface area contributed by atoms with Crippen LogP contribution in [0, 0.1) is 0 Å².